The number of carbonyl (C=O) groups is 4. The summed E-state index contributed by atoms with van der Waals surface area (Å²) in [6.45, 7) is 14.3. The van der Waals surface area contributed by atoms with Gasteiger partial charge in [-0.1, -0.05) is 33.8 Å². The Hall–Kier alpha value is -2.62. The average molecular weight is 764 g/mol. The fourth-order valence-corrected chi connectivity index (χ4v) is 9.35. The van der Waals surface area contributed by atoms with Crippen molar-refractivity contribution in [2.75, 3.05) is 33.5 Å². The lowest BCUT2D eigenvalue weighted by Gasteiger charge is -2.47. The summed E-state index contributed by atoms with van der Waals surface area (Å²) in [6, 6.07) is 4.65. The molecule has 3 saturated heterocycles. The summed E-state index contributed by atoms with van der Waals surface area (Å²) in [7, 11) is 5.24. The maximum Gasteiger partial charge on any atom is 0.410 e. The van der Waals surface area contributed by atoms with Crippen LogP contribution < -0.4 is 0 Å². The zero-order valence-electron chi connectivity index (χ0n) is 33.3. The molecule has 0 aromatic carbocycles. The van der Waals surface area contributed by atoms with Crippen molar-refractivity contribution in [3.05, 3.63) is 24.4 Å². The van der Waals surface area contributed by atoms with Gasteiger partial charge >= 0.3 is 12.1 Å². The molecule has 3 fully saturated rings. The number of hydrogen-bond acceptors (Lipinski definition) is 13. The lowest BCUT2D eigenvalue weighted by atomic mass is 9.73. The summed E-state index contributed by atoms with van der Waals surface area (Å²) in [6.07, 6.45) is -1.65. The molecule has 13 nitrogen and oxygen atoms in total. The molecular weight excluding hydrogens is 703 g/mol. The first-order valence-corrected chi connectivity index (χ1v) is 19.9. The van der Waals surface area contributed by atoms with Gasteiger partial charge in [0.05, 0.1) is 28.9 Å². The molecule has 1 aromatic rings. The van der Waals surface area contributed by atoms with Crippen LogP contribution in [0.3, 0.4) is 0 Å². The molecule has 13 atom stereocenters. The Balaban J connectivity index is 1.71. The van der Waals surface area contributed by atoms with Crippen LogP contribution in [0.1, 0.15) is 81.1 Å². The van der Waals surface area contributed by atoms with Crippen LogP contribution in [-0.2, 0) is 38.1 Å². The Morgan fingerprint density at radius 2 is 1.75 bits per heavy atom. The average Bonchev–Trinajstić information content (AvgIpc) is 3.39. The topological polar surface area (TPSA) is 154 Å². The summed E-state index contributed by atoms with van der Waals surface area (Å²) < 4.78 is 31.1. The second-order valence-corrected chi connectivity index (χ2v) is 16.9. The predicted octanol–water partition coefficient (Wildman–Crippen LogP) is 4.77. The summed E-state index contributed by atoms with van der Waals surface area (Å²) in [5.41, 5.74) is -2.64. The Morgan fingerprint density at radius 1 is 1.06 bits per heavy atom. The highest BCUT2D eigenvalue weighted by Crippen LogP contribution is 2.43. The monoisotopic (exact) mass is 763 g/mol. The molecular formula is C39H61N3O10S. The molecule has 4 heterocycles. The van der Waals surface area contributed by atoms with E-state index in [1.54, 1.807) is 50.6 Å². The van der Waals surface area contributed by atoms with Crippen molar-refractivity contribution in [3.8, 4) is 0 Å². The van der Waals surface area contributed by atoms with Gasteiger partial charge in [0, 0.05) is 49.4 Å². The third-order valence-electron chi connectivity index (χ3n) is 11.6. The smallest absolute Gasteiger partial charge is 0.410 e. The van der Waals surface area contributed by atoms with Crippen LogP contribution in [-0.4, -0.2) is 131 Å². The van der Waals surface area contributed by atoms with E-state index in [0.717, 1.165) is 5.03 Å². The van der Waals surface area contributed by atoms with E-state index in [-0.39, 0.29) is 30.8 Å². The number of ketones is 2. The Bertz CT molecular complexity index is 1440. The maximum atomic E-state index is 14.6. The first-order valence-electron chi connectivity index (χ1n) is 18.9. The number of thioether (sulfide) groups is 1. The van der Waals surface area contributed by atoms with Gasteiger partial charge in [-0.25, -0.2) is 9.78 Å². The Labute approximate surface area is 319 Å². The van der Waals surface area contributed by atoms with E-state index >= 15 is 0 Å². The minimum absolute atomic E-state index is 0.138. The van der Waals surface area contributed by atoms with Crippen molar-refractivity contribution < 1.29 is 48.0 Å². The van der Waals surface area contributed by atoms with E-state index in [9.17, 15) is 24.3 Å². The van der Waals surface area contributed by atoms with Crippen LogP contribution in [0.2, 0.25) is 0 Å². The molecule has 0 unspecified atom stereocenters. The molecule has 0 spiro atoms. The molecule has 0 aliphatic carbocycles. The quantitative estimate of drug-likeness (QED) is 0.151. The number of likely N-dealkylation sites (N-methyl/N-ethyl adjacent to an activating group) is 1. The highest BCUT2D eigenvalue weighted by atomic mass is 32.2. The minimum atomic E-state index is -1.38. The number of methoxy groups -OCH3 is 1. The molecule has 4 rings (SSSR count). The van der Waals surface area contributed by atoms with Crippen LogP contribution in [0.15, 0.2) is 29.4 Å². The van der Waals surface area contributed by atoms with E-state index in [2.05, 4.69) is 4.98 Å². The highest BCUT2D eigenvalue weighted by Gasteiger charge is 2.60. The van der Waals surface area contributed by atoms with Crippen LogP contribution in [0, 0.1) is 23.7 Å². The number of nitrogens with zero attached hydrogens (tertiary/aromatic N) is 3. The third kappa shape index (κ3) is 9.27. The van der Waals surface area contributed by atoms with Crippen molar-refractivity contribution in [2.24, 2.45) is 23.7 Å². The highest BCUT2D eigenvalue weighted by molar-refractivity contribution is 7.99. The number of Topliss-reactive ketones (excluding diaryl/α,β-unsaturated/α-hetero) is 2. The van der Waals surface area contributed by atoms with Crippen molar-refractivity contribution in [1.29, 1.82) is 0 Å². The number of fused-ring (bicyclic) bond motifs is 1. The van der Waals surface area contributed by atoms with Gasteiger partial charge in [0.2, 0.25) is 0 Å². The summed E-state index contributed by atoms with van der Waals surface area (Å²) >= 11 is 1.57. The number of rotatable bonds is 10. The number of ether oxygens (including phenoxy) is 5. The largest absolute Gasteiger partial charge is 0.458 e. The minimum Gasteiger partial charge on any atom is -0.458 e. The van der Waals surface area contributed by atoms with Crippen molar-refractivity contribution >= 4 is 35.4 Å². The number of amides is 1. The number of carbonyl (C=O) groups excluding carboxylic acids is 4. The maximum absolute atomic E-state index is 14.6. The predicted molar refractivity (Wildman–Crippen MR) is 199 cm³/mol. The van der Waals surface area contributed by atoms with Gasteiger partial charge < -0.3 is 38.6 Å². The lowest BCUT2D eigenvalue weighted by molar-refractivity contribution is -0.295. The van der Waals surface area contributed by atoms with Crippen molar-refractivity contribution in [1.82, 2.24) is 14.8 Å². The SMILES string of the molecule is CC[C@H]1OC(=O)[C@H](C)C(=O)[C@H](C)[C@@H](O[C@@H]2O[C@H](C)C[C@H](N(C)C)[C@H]2O)[C@@](C)(OC)C[C@@H](C)C(=O)[C@H](C)[C@H]2N(CCCSc3ccccn3)C(=O)O[C@]12C. The summed E-state index contributed by atoms with van der Waals surface area (Å²) in [5, 5.41) is 12.3. The Morgan fingerprint density at radius 3 is 2.36 bits per heavy atom. The van der Waals surface area contributed by atoms with Gasteiger partial charge in [0.25, 0.3) is 0 Å². The second-order valence-electron chi connectivity index (χ2n) is 15.7. The van der Waals surface area contributed by atoms with Crippen molar-refractivity contribution in [3.63, 3.8) is 0 Å². The fraction of sp³-hybridized carbons (Fsp3) is 0.769. The van der Waals surface area contributed by atoms with E-state index in [4.69, 9.17) is 23.7 Å². The van der Waals surface area contributed by atoms with Gasteiger partial charge in [-0.15, -0.1) is 11.8 Å². The van der Waals surface area contributed by atoms with E-state index in [1.165, 1.54) is 14.0 Å². The van der Waals surface area contributed by atoms with Gasteiger partial charge in [0.1, 0.15) is 23.9 Å². The number of cyclic esters (lactones) is 1. The molecule has 3 aliphatic heterocycles. The lowest BCUT2D eigenvalue weighted by Crippen LogP contribution is -2.60. The molecule has 1 aromatic heterocycles. The van der Waals surface area contributed by atoms with Gasteiger partial charge in [0.15, 0.2) is 17.7 Å². The summed E-state index contributed by atoms with van der Waals surface area (Å²) in [5.74, 6) is -4.21. The molecule has 0 saturated carbocycles. The zero-order chi connectivity index (χ0) is 39.4. The molecule has 1 amide bonds. The number of esters is 1. The molecule has 3 aliphatic rings. The number of aromatic nitrogens is 1. The van der Waals surface area contributed by atoms with E-state index < -0.39 is 83.4 Å². The standard InChI is InChI=1S/C39H61N3O10S/c1-12-28-39(8)33(42(37(47)52-39)18-15-19-53-29-16-13-14-17-40-29)24(4)30(43)22(2)21-38(7,48-11)34(25(5)31(44)26(6)35(46)50-28)51-36-32(45)27(41(9)10)20-23(3)49-36/h13-14,16-17,22-28,32-34,36,45H,12,15,18-21H2,1-11H3/t22-,23-,24+,25+,26-,27+,28-,32-,33-,34-,36+,38+,39-/m1/s1. The normalized spacial score (nSPS) is 39.0. The Kier molecular flexibility index (Phi) is 14.6. The van der Waals surface area contributed by atoms with E-state index in [1.807, 2.05) is 58.0 Å². The number of pyridine rings is 1. The van der Waals surface area contributed by atoms with Crippen LogP contribution in [0.25, 0.3) is 0 Å². The van der Waals surface area contributed by atoms with Crippen molar-refractivity contribution in [2.45, 2.75) is 140 Å². The molecule has 0 radical (unpaired) electrons. The van der Waals surface area contributed by atoms with Crippen LogP contribution in [0.4, 0.5) is 4.79 Å². The fourth-order valence-electron chi connectivity index (χ4n) is 8.55. The second kappa shape index (κ2) is 17.9. The number of aliphatic hydroxyl groups is 1. The van der Waals surface area contributed by atoms with Gasteiger partial charge in [-0.05, 0) is 79.6 Å². The number of aliphatic hydroxyl groups excluding tert-OH is 1. The first-order chi connectivity index (χ1) is 24.9. The number of hydrogen-bond donors (Lipinski definition) is 1. The van der Waals surface area contributed by atoms with Crippen LogP contribution in [0.5, 0.6) is 0 Å². The first kappa shape index (κ1) is 43.1. The molecule has 53 heavy (non-hydrogen) atoms. The molecule has 14 heteroatoms. The summed E-state index contributed by atoms with van der Waals surface area (Å²) in [4.78, 5) is 64.3. The molecule has 298 valence electrons. The molecule has 0 bridgehead atoms. The van der Waals surface area contributed by atoms with Gasteiger partial charge in [-0.3, -0.25) is 14.4 Å². The zero-order valence-corrected chi connectivity index (χ0v) is 34.1. The van der Waals surface area contributed by atoms with Gasteiger partial charge in [-0.2, -0.15) is 0 Å². The van der Waals surface area contributed by atoms with E-state index in [0.29, 0.717) is 25.1 Å². The van der Waals surface area contributed by atoms with Crippen LogP contribution >= 0.6 is 11.8 Å². The third-order valence-corrected chi connectivity index (χ3v) is 12.6. The molecule has 1 N–H and O–H groups in total.